The van der Waals surface area contributed by atoms with E-state index in [1.165, 1.54) is 5.56 Å². The molecular weight excluding hydrogens is 212 g/mol. The first-order valence-corrected chi connectivity index (χ1v) is 5.75. The smallest absolute Gasteiger partial charge is 0.166 e. The predicted octanol–water partition coefficient (Wildman–Crippen LogP) is 3.18. The van der Waals surface area contributed by atoms with Crippen molar-refractivity contribution in [1.29, 1.82) is 0 Å². The molecule has 0 aliphatic heterocycles. The Kier molecular flexibility index (Phi) is 3.70. The second-order valence-electron chi connectivity index (χ2n) is 4.15. The molecule has 0 aliphatic rings. The van der Waals surface area contributed by atoms with Crippen LogP contribution < -0.4 is 4.74 Å². The molecule has 3 nitrogen and oxygen atoms in total. The van der Waals surface area contributed by atoms with E-state index in [-0.39, 0.29) is 0 Å². The summed E-state index contributed by atoms with van der Waals surface area (Å²) in [6.45, 7) is 4.72. The molecule has 17 heavy (non-hydrogen) atoms. The highest BCUT2D eigenvalue weighted by Crippen LogP contribution is 2.26. The van der Waals surface area contributed by atoms with Crippen molar-refractivity contribution in [2.24, 2.45) is 0 Å². The van der Waals surface area contributed by atoms with Crippen LogP contribution in [-0.2, 0) is 6.61 Å². The van der Waals surface area contributed by atoms with Gasteiger partial charge in [-0.2, -0.15) is 0 Å². The van der Waals surface area contributed by atoms with Crippen molar-refractivity contribution in [3.8, 4) is 5.75 Å². The summed E-state index contributed by atoms with van der Waals surface area (Å²) in [7, 11) is 0. The second kappa shape index (κ2) is 5.43. The molecule has 0 radical (unpaired) electrons. The minimum Gasteiger partial charge on any atom is -0.485 e. The Bertz CT molecular complexity index is 469. The molecule has 0 N–H and O–H groups in total. The van der Waals surface area contributed by atoms with Gasteiger partial charge in [0.25, 0.3) is 0 Å². The monoisotopic (exact) mass is 228 g/mol. The summed E-state index contributed by atoms with van der Waals surface area (Å²) in [6, 6.07) is 9.88. The van der Waals surface area contributed by atoms with Gasteiger partial charge in [0.1, 0.15) is 12.4 Å². The van der Waals surface area contributed by atoms with E-state index in [0.29, 0.717) is 18.3 Å². The molecule has 3 heteroatoms. The lowest BCUT2D eigenvalue weighted by Gasteiger charge is -2.13. The van der Waals surface area contributed by atoms with Crippen molar-refractivity contribution < 1.29 is 4.74 Å². The maximum absolute atomic E-state index is 5.76. The van der Waals surface area contributed by atoms with Gasteiger partial charge in [0.05, 0.1) is 0 Å². The lowest BCUT2D eigenvalue weighted by molar-refractivity contribution is 0.291. The quantitative estimate of drug-likeness (QED) is 0.806. The molecule has 0 spiro atoms. The molecule has 0 aliphatic carbocycles. The topological polar surface area (TPSA) is 35.0 Å². The maximum Gasteiger partial charge on any atom is 0.166 e. The number of benzene rings is 1. The highest BCUT2D eigenvalue weighted by Gasteiger charge is 2.07. The van der Waals surface area contributed by atoms with Gasteiger partial charge in [-0.3, -0.25) is 0 Å². The highest BCUT2D eigenvalue weighted by molar-refractivity contribution is 5.35. The van der Waals surface area contributed by atoms with Crippen LogP contribution in [0, 0.1) is 0 Å². The first-order valence-electron chi connectivity index (χ1n) is 5.75. The summed E-state index contributed by atoms with van der Waals surface area (Å²) in [5, 5.41) is 0. The van der Waals surface area contributed by atoms with Gasteiger partial charge in [0, 0.05) is 12.4 Å². The molecular formula is C14H16N2O. The van der Waals surface area contributed by atoms with Crippen LogP contribution in [0.4, 0.5) is 0 Å². The van der Waals surface area contributed by atoms with Crippen LogP contribution in [0.25, 0.3) is 0 Å². The van der Waals surface area contributed by atoms with Crippen molar-refractivity contribution in [3.05, 3.63) is 54.1 Å². The van der Waals surface area contributed by atoms with Crippen molar-refractivity contribution in [3.63, 3.8) is 0 Å². The molecule has 2 rings (SSSR count). The second-order valence-corrected chi connectivity index (χ2v) is 4.15. The number of hydrogen-bond acceptors (Lipinski definition) is 3. The van der Waals surface area contributed by atoms with E-state index in [9.17, 15) is 0 Å². The molecule has 2 aromatic rings. The largest absolute Gasteiger partial charge is 0.485 e. The molecule has 0 saturated heterocycles. The van der Waals surface area contributed by atoms with Crippen LogP contribution in [-0.4, -0.2) is 9.97 Å². The molecule has 88 valence electrons. The van der Waals surface area contributed by atoms with Crippen LogP contribution in [0.3, 0.4) is 0 Å². The molecule has 0 saturated carbocycles. The third-order valence-corrected chi connectivity index (χ3v) is 2.52. The first-order chi connectivity index (χ1) is 8.27. The van der Waals surface area contributed by atoms with Gasteiger partial charge in [-0.25, -0.2) is 9.97 Å². The average molecular weight is 228 g/mol. The summed E-state index contributed by atoms with van der Waals surface area (Å²) in [6.07, 6.45) is 3.44. The van der Waals surface area contributed by atoms with Crippen molar-refractivity contribution in [2.75, 3.05) is 0 Å². The fourth-order valence-electron chi connectivity index (χ4n) is 1.64. The van der Waals surface area contributed by atoms with Gasteiger partial charge in [-0.05, 0) is 23.6 Å². The fraction of sp³-hybridized carbons (Fsp3) is 0.286. The van der Waals surface area contributed by atoms with Crippen LogP contribution >= 0.6 is 0 Å². The summed E-state index contributed by atoms with van der Waals surface area (Å²) in [5.41, 5.74) is 1.21. The van der Waals surface area contributed by atoms with E-state index in [1.807, 2.05) is 18.2 Å². The summed E-state index contributed by atoms with van der Waals surface area (Å²) >= 11 is 0. The van der Waals surface area contributed by atoms with Gasteiger partial charge in [0.2, 0.25) is 0 Å². The highest BCUT2D eigenvalue weighted by atomic mass is 16.5. The van der Waals surface area contributed by atoms with Crippen LogP contribution in [0.5, 0.6) is 5.75 Å². The third kappa shape index (κ3) is 3.03. The Morgan fingerprint density at radius 1 is 1.06 bits per heavy atom. The van der Waals surface area contributed by atoms with Crippen molar-refractivity contribution in [1.82, 2.24) is 9.97 Å². The van der Waals surface area contributed by atoms with E-state index >= 15 is 0 Å². The number of hydrogen-bond donors (Lipinski definition) is 0. The summed E-state index contributed by atoms with van der Waals surface area (Å²) in [5.74, 6) is 2.06. The Morgan fingerprint density at radius 2 is 1.76 bits per heavy atom. The van der Waals surface area contributed by atoms with Crippen molar-refractivity contribution >= 4 is 0 Å². The van der Waals surface area contributed by atoms with Gasteiger partial charge in [-0.1, -0.05) is 32.0 Å². The third-order valence-electron chi connectivity index (χ3n) is 2.52. The number of nitrogens with zero attached hydrogens (tertiary/aromatic N) is 2. The van der Waals surface area contributed by atoms with Crippen LogP contribution in [0.1, 0.15) is 31.2 Å². The van der Waals surface area contributed by atoms with Crippen LogP contribution in [0.15, 0.2) is 42.7 Å². The first kappa shape index (κ1) is 11.6. The molecule has 0 fully saturated rings. The minimum atomic E-state index is 0.407. The van der Waals surface area contributed by atoms with E-state index in [4.69, 9.17) is 4.74 Å². The number of aromatic nitrogens is 2. The lowest BCUT2D eigenvalue weighted by Crippen LogP contribution is -2.02. The zero-order chi connectivity index (χ0) is 12.1. The van der Waals surface area contributed by atoms with Gasteiger partial charge in [0.15, 0.2) is 5.82 Å². The molecule has 0 bridgehead atoms. The van der Waals surface area contributed by atoms with Crippen molar-refractivity contribution in [2.45, 2.75) is 26.4 Å². The summed E-state index contributed by atoms with van der Waals surface area (Å²) < 4.78 is 5.76. The van der Waals surface area contributed by atoms with Gasteiger partial charge < -0.3 is 4.74 Å². The minimum absolute atomic E-state index is 0.407. The normalized spacial score (nSPS) is 10.5. The predicted molar refractivity (Wildman–Crippen MR) is 66.9 cm³/mol. The SMILES string of the molecule is CC(C)c1ccccc1OCc1ncccn1. The standard InChI is InChI=1S/C14H16N2O/c1-11(2)12-6-3-4-7-13(12)17-10-14-15-8-5-9-16-14/h3-9,11H,10H2,1-2H3. The Morgan fingerprint density at radius 3 is 2.47 bits per heavy atom. The van der Waals surface area contributed by atoms with E-state index < -0.39 is 0 Å². The lowest BCUT2D eigenvalue weighted by atomic mass is 10.0. The Labute approximate surface area is 102 Å². The molecule has 1 aromatic carbocycles. The van der Waals surface area contributed by atoms with E-state index in [0.717, 1.165) is 5.75 Å². The number of ether oxygens (including phenoxy) is 1. The van der Waals surface area contributed by atoms with E-state index in [2.05, 4.69) is 29.9 Å². The van der Waals surface area contributed by atoms with Gasteiger partial charge in [-0.15, -0.1) is 0 Å². The number of rotatable bonds is 4. The molecule has 1 aromatic heterocycles. The molecule has 0 atom stereocenters. The summed E-state index contributed by atoms with van der Waals surface area (Å²) in [4.78, 5) is 8.26. The molecule has 0 amide bonds. The maximum atomic E-state index is 5.76. The zero-order valence-corrected chi connectivity index (χ0v) is 10.1. The van der Waals surface area contributed by atoms with Crippen LogP contribution in [0.2, 0.25) is 0 Å². The number of para-hydroxylation sites is 1. The molecule has 1 heterocycles. The Balaban J connectivity index is 2.09. The zero-order valence-electron chi connectivity index (χ0n) is 10.1. The fourth-order valence-corrected chi connectivity index (χ4v) is 1.64. The van der Waals surface area contributed by atoms with E-state index in [1.54, 1.807) is 18.5 Å². The van der Waals surface area contributed by atoms with Gasteiger partial charge >= 0.3 is 0 Å². The molecule has 0 unspecified atom stereocenters. The Hall–Kier alpha value is -1.90. The average Bonchev–Trinajstić information content (AvgIpc) is 2.38.